The van der Waals surface area contributed by atoms with Crippen LogP contribution in [0.5, 0.6) is 0 Å². The van der Waals surface area contributed by atoms with Crippen LogP contribution in [0.15, 0.2) is 0 Å². The molecule has 2 saturated heterocycles. The summed E-state index contributed by atoms with van der Waals surface area (Å²) in [6.45, 7) is -1.76. The first-order valence-electron chi connectivity index (χ1n) is 6.30. The van der Waals surface area contributed by atoms with E-state index >= 15 is 0 Å². The molecule has 0 saturated carbocycles. The maximum absolute atomic E-state index is 12.3. The highest BCUT2D eigenvalue weighted by Gasteiger charge is 2.43. The molecule has 1 amide bonds. The van der Waals surface area contributed by atoms with Crippen LogP contribution in [0.1, 0.15) is 19.3 Å². The topological polar surface area (TPSA) is 60.9 Å². The van der Waals surface area contributed by atoms with Gasteiger partial charge in [0.2, 0.25) is 5.91 Å². The highest BCUT2D eigenvalue weighted by Crippen LogP contribution is 2.23. The molecule has 2 rings (SSSR count). The zero-order chi connectivity index (χ0) is 15.0. The van der Waals surface area contributed by atoms with Crippen LogP contribution in [0.25, 0.3) is 0 Å². The van der Waals surface area contributed by atoms with Crippen LogP contribution < -0.4 is 0 Å². The number of amides is 1. The lowest BCUT2D eigenvalue weighted by atomic mass is 10.2. The predicted molar refractivity (Wildman–Crippen MR) is 63.7 cm³/mol. The second-order valence-electron chi connectivity index (χ2n) is 4.93. The lowest BCUT2D eigenvalue weighted by Crippen LogP contribution is -2.46. The van der Waals surface area contributed by atoms with E-state index in [1.54, 1.807) is 0 Å². The molecule has 0 radical (unpaired) electrons. The molecule has 0 spiro atoms. The second kappa shape index (κ2) is 5.49. The third-order valence-electron chi connectivity index (χ3n) is 3.33. The Morgan fingerprint density at radius 2 is 1.65 bits per heavy atom. The number of nitrogens with zero attached hydrogens (tertiary/aromatic N) is 3. The Labute approximate surface area is 115 Å². The average Bonchev–Trinajstić information content (AvgIpc) is 2.70. The summed E-state index contributed by atoms with van der Waals surface area (Å²) in [6, 6.07) is 0. The number of hydrogen-bond acceptors (Lipinski definition) is 3. The van der Waals surface area contributed by atoms with E-state index in [4.69, 9.17) is 0 Å². The van der Waals surface area contributed by atoms with Crippen molar-refractivity contribution in [3.63, 3.8) is 0 Å². The van der Waals surface area contributed by atoms with Gasteiger partial charge in [0.05, 0.1) is 13.2 Å². The minimum Gasteiger partial charge on any atom is -0.318 e. The molecule has 116 valence electrons. The van der Waals surface area contributed by atoms with Gasteiger partial charge in [-0.2, -0.15) is 30.2 Å². The molecular formula is C10H16F3N3O3S. The molecule has 0 aliphatic carbocycles. The fourth-order valence-corrected chi connectivity index (χ4v) is 3.94. The third-order valence-corrected chi connectivity index (χ3v) is 5.25. The number of carbonyl (C=O) groups is 1. The minimum absolute atomic E-state index is 0.353. The molecule has 0 bridgehead atoms. The van der Waals surface area contributed by atoms with Gasteiger partial charge >= 0.3 is 6.18 Å². The molecular weight excluding hydrogens is 299 g/mol. The second-order valence-corrected chi connectivity index (χ2v) is 6.85. The summed E-state index contributed by atoms with van der Waals surface area (Å²) in [4.78, 5) is 12.0. The van der Waals surface area contributed by atoms with Crippen molar-refractivity contribution in [2.75, 3.05) is 32.8 Å². The van der Waals surface area contributed by atoms with Crippen molar-refractivity contribution in [1.29, 1.82) is 0 Å². The van der Waals surface area contributed by atoms with Gasteiger partial charge in [-0.3, -0.25) is 4.79 Å². The molecule has 2 aliphatic rings. The molecule has 6 nitrogen and oxygen atoms in total. The van der Waals surface area contributed by atoms with Crippen LogP contribution in [0.2, 0.25) is 0 Å². The Hall–Kier alpha value is -0.870. The van der Waals surface area contributed by atoms with Crippen LogP contribution in [0.4, 0.5) is 13.2 Å². The van der Waals surface area contributed by atoms with Gasteiger partial charge in [0.1, 0.15) is 6.54 Å². The SMILES string of the molecule is O=C1CN(S(=O)(=O)N2CCCCC2)CN1CC(F)(F)F. The van der Waals surface area contributed by atoms with E-state index in [9.17, 15) is 26.4 Å². The van der Waals surface area contributed by atoms with Gasteiger partial charge in [-0.25, -0.2) is 0 Å². The number of alkyl halides is 3. The van der Waals surface area contributed by atoms with Crippen LogP contribution in [0.3, 0.4) is 0 Å². The van der Waals surface area contributed by atoms with E-state index in [0.717, 1.165) is 23.6 Å². The summed E-state index contributed by atoms with van der Waals surface area (Å²) >= 11 is 0. The van der Waals surface area contributed by atoms with E-state index in [0.29, 0.717) is 18.0 Å². The number of halogens is 3. The molecule has 0 N–H and O–H groups in total. The number of piperidine rings is 1. The Bertz CT molecular complexity index is 474. The summed E-state index contributed by atoms with van der Waals surface area (Å²) in [6.07, 6.45) is -2.13. The van der Waals surface area contributed by atoms with Gasteiger partial charge in [0, 0.05) is 13.1 Å². The summed E-state index contributed by atoms with van der Waals surface area (Å²) < 4.78 is 63.4. The van der Waals surface area contributed by atoms with Crippen molar-refractivity contribution in [2.45, 2.75) is 25.4 Å². The van der Waals surface area contributed by atoms with Gasteiger partial charge < -0.3 is 4.90 Å². The Morgan fingerprint density at radius 3 is 2.20 bits per heavy atom. The van der Waals surface area contributed by atoms with E-state index in [2.05, 4.69) is 0 Å². The molecule has 2 aliphatic heterocycles. The zero-order valence-electron chi connectivity index (χ0n) is 10.8. The molecule has 0 aromatic carbocycles. The first-order chi connectivity index (χ1) is 9.20. The fourth-order valence-electron chi connectivity index (χ4n) is 2.34. The van der Waals surface area contributed by atoms with E-state index in [1.807, 2.05) is 0 Å². The first kappa shape index (κ1) is 15.5. The van der Waals surface area contributed by atoms with Gasteiger partial charge in [-0.15, -0.1) is 0 Å². The Morgan fingerprint density at radius 1 is 1.05 bits per heavy atom. The summed E-state index contributed by atoms with van der Waals surface area (Å²) in [7, 11) is -3.85. The lowest BCUT2D eigenvalue weighted by molar-refractivity contribution is -0.157. The standard InChI is InChI=1S/C10H16F3N3O3S/c11-10(12,13)7-14-8-16(6-9(14)17)20(18,19)15-4-2-1-3-5-15/h1-8H2. The zero-order valence-corrected chi connectivity index (χ0v) is 11.6. The first-order valence-corrected chi connectivity index (χ1v) is 7.69. The van der Waals surface area contributed by atoms with Crippen molar-refractivity contribution in [1.82, 2.24) is 13.5 Å². The Balaban J connectivity index is 2.05. The predicted octanol–water partition coefficient (Wildman–Crippen LogP) is 0.381. The number of hydrogen-bond donors (Lipinski definition) is 0. The summed E-state index contributed by atoms with van der Waals surface area (Å²) in [5.41, 5.74) is 0. The summed E-state index contributed by atoms with van der Waals surface area (Å²) in [5.74, 6) is -0.817. The molecule has 2 fully saturated rings. The molecule has 0 aromatic rings. The van der Waals surface area contributed by atoms with Crippen LogP contribution in [-0.2, 0) is 15.0 Å². The molecule has 20 heavy (non-hydrogen) atoms. The number of rotatable bonds is 3. The average molecular weight is 315 g/mol. The van der Waals surface area contributed by atoms with Crippen molar-refractivity contribution < 1.29 is 26.4 Å². The van der Waals surface area contributed by atoms with Crippen molar-refractivity contribution in [2.24, 2.45) is 0 Å². The largest absolute Gasteiger partial charge is 0.406 e. The molecule has 0 atom stereocenters. The van der Waals surface area contributed by atoms with Crippen molar-refractivity contribution in [3.8, 4) is 0 Å². The molecule has 10 heteroatoms. The van der Waals surface area contributed by atoms with Gasteiger partial charge in [-0.05, 0) is 12.8 Å². The fraction of sp³-hybridized carbons (Fsp3) is 0.900. The third kappa shape index (κ3) is 3.41. The number of carbonyl (C=O) groups excluding carboxylic acids is 1. The maximum Gasteiger partial charge on any atom is 0.406 e. The normalized spacial score (nSPS) is 23.6. The highest BCUT2D eigenvalue weighted by molar-refractivity contribution is 7.86. The summed E-state index contributed by atoms with van der Waals surface area (Å²) in [5, 5.41) is 0. The lowest BCUT2D eigenvalue weighted by Gasteiger charge is -2.29. The minimum atomic E-state index is -4.53. The van der Waals surface area contributed by atoms with E-state index in [-0.39, 0.29) is 0 Å². The monoisotopic (exact) mass is 315 g/mol. The highest BCUT2D eigenvalue weighted by atomic mass is 32.2. The van der Waals surface area contributed by atoms with E-state index < -0.39 is 42.1 Å². The molecule has 2 heterocycles. The van der Waals surface area contributed by atoms with Crippen LogP contribution in [-0.4, -0.2) is 66.9 Å². The van der Waals surface area contributed by atoms with Crippen LogP contribution >= 0.6 is 0 Å². The van der Waals surface area contributed by atoms with E-state index in [1.165, 1.54) is 4.31 Å². The van der Waals surface area contributed by atoms with Gasteiger partial charge in [-0.1, -0.05) is 6.42 Å². The van der Waals surface area contributed by atoms with Crippen LogP contribution in [0, 0.1) is 0 Å². The van der Waals surface area contributed by atoms with Gasteiger partial charge in [0.25, 0.3) is 10.2 Å². The maximum atomic E-state index is 12.3. The van der Waals surface area contributed by atoms with Crippen molar-refractivity contribution in [3.05, 3.63) is 0 Å². The molecule has 0 aromatic heterocycles. The quantitative estimate of drug-likeness (QED) is 0.756. The van der Waals surface area contributed by atoms with Crippen molar-refractivity contribution >= 4 is 16.1 Å². The Kier molecular flexibility index (Phi) is 4.26. The molecule has 0 unspecified atom stereocenters. The smallest absolute Gasteiger partial charge is 0.318 e. The van der Waals surface area contributed by atoms with Gasteiger partial charge in [0.15, 0.2) is 0 Å².